The monoisotopic (exact) mass is 241 g/mol. The molecule has 0 saturated carbocycles. The lowest BCUT2D eigenvalue weighted by molar-refractivity contribution is 0.0666. The van der Waals surface area contributed by atoms with Crippen LogP contribution in [0.15, 0.2) is 60.7 Å². The summed E-state index contributed by atoms with van der Waals surface area (Å²) in [5.74, 6) is 0. The van der Waals surface area contributed by atoms with Gasteiger partial charge in [-0.15, -0.1) is 0 Å². The van der Waals surface area contributed by atoms with Crippen LogP contribution in [0.3, 0.4) is 0 Å². The lowest BCUT2D eigenvalue weighted by Gasteiger charge is -2.27. The van der Waals surface area contributed by atoms with E-state index >= 15 is 0 Å². The highest BCUT2D eigenvalue weighted by Crippen LogP contribution is 2.21. The minimum absolute atomic E-state index is 0.0605. The normalized spacial score (nSPS) is 12.6. The molecule has 2 heteroatoms. The van der Waals surface area contributed by atoms with Gasteiger partial charge in [0.25, 0.3) is 0 Å². The van der Waals surface area contributed by atoms with Crippen LogP contribution >= 0.6 is 0 Å². The number of aliphatic hydroxyl groups is 1. The van der Waals surface area contributed by atoms with E-state index in [0.29, 0.717) is 0 Å². The summed E-state index contributed by atoms with van der Waals surface area (Å²) < 4.78 is 0. The van der Waals surface area contributed by atoms with E-state index in [-0.39, 0.29) is 12.8 Å². The predicted octanol–water partition coefficient (Wildman–Crippen LogP) is 3.20. The van der Waals surface area contributed by atoms with Gasteiger partial charge in [0.15, 0.2) is 0 Å². The van der Waals surface area contributed by atoms with Gasteiger partial charge in [0, 0.05) is 12.6 Å². The summed E-state index contributed by atoms with van der Waals surface area (Å²) in [6, 6.07) is 20.7. The molecule has 2 aromatic rings. The highest BCUT2D eigenvalue weighted by molar-refractivity contribution is 5.19. The highest BCUT2D eigenvalue weighted by atomic mass is 16.3. The Morgan fingerprint density at radius 1 is 0.944 bits per heavy atom. The fourth-order valence-electron chi connectivity index (χ4n) is 2.07. The Bertz CT molecular complexity index is 455. The van der Waals surface area contributed by atoms with Crippen molar-refractivity contribution >= 4 is 0 Å². The quantitative estimate of drug-likeness (QED) is 0.813. The summed E-state index contributed by atoms with van der Waals surface area (Å²) in [7, 11) is 0. The van der Waals surface area contributed by atoms with Gasteiger partial charge >= 0.3 is 0 Å². The van der Waals surface area contributed by atoms with Crippen molar-refractivity contribution in [2.75, 3.05) is 6.73 Å². The first-order chi connectivity index (χ1) is 8.81. The summed E-state index contributed by atoms with van der Waals surface area (Å²) >= 11 is 0. The summed E-state index contributed by atoms with van der Waals surface area (Å²) in [6.07, 6.45) is 0. The third-order valence-corrected chi connectivity index (χ3v) is 3.24. The van der Waals surface area contributed by atoms with Crippen molar-refractivity contribution in [1.29, 1.82) is 0 Å². The van der Waals surface area contributed by atoms with Crippen molar-refractivity contribution in [3.8, 4) is 0 Å². The molecule has 0 bridgehead atoms. The molecule has 2 aromatic carbocycles. The van der Waals surface area contributed by atoms with Gasteiger partial charge in [-0.1, -0.05) is 60.7 Å². The minimum atomic E-state index is 0.0605. The maximum Gasteiger partial charge on any atom is 0.0964 e. The zero-order valence-corrected chi connectivity index (χ0v) is 10.7. The number of hydrogen-bond acceptors (Lipinski definition) is 2. The van der Waals surface area contributed by atoms with Crippen LogP contribution in [0.4, 0.5) is 0 Å². The molecule has 0 radical (unpaired) electrons. The molecule has 0 aromatic heterocycles. The van der Waals surface area contributed by atoms with Gasteiger partial charge in [0.2, 0.25) is 0 Å². The van der Waals surface area contributed by atoms with E-state index in [9.17, 15) is 5.11 Å². The molecular formula is C16H19NO. The third kappa shape index (κ3) is 3.19. The van der Waals surface area contributed by atoms with Crippen LogP contribution in [-0.4, -0.2) is 16.7 Å². The van der Waals surface area contributed by atoms with Gasteiger partial charge in [0.05, 0.1) is 6.73 Å². The molecule has 0 aliphatic carbocycles. The fourth-order valence-corrected chi connectivity index (χ4v) is 2.07. The third-order valence-electron chi connectivity index (χ3n) is 3.24. The Labute approximate surface area is 109 Å². The Morgan fingerprint density at radius 2 is 1.50 bits per heavy atom. The lowest BCUT2D eigenvalue weighted by atomic mass is 10.1. The molecule has 0 amide bonds. The van der Waals surface area contributed by atoms with E-state index in [1.807, 2.05) is 41.3 Å². The molecule has 0 fully saturated rings. The van der Waals surface area contributed by atoms with Gasteiger partial charge in [-0.05, 0) is 18.1 Å². The number of aliphatic hydroxyl groups excluding tert-OH is 1. The van der Waals surface area contributed by atoms with E-state index in [0.717, 1.165) is 6.54 Å². The molecule has 2 rings (SSSR count). The fraction of sp³-hybridized carbons (Fsp3) is 0.250. The van der Waals surface area contributed by atoms with E-state index in [2.05, 4.69) is 31.2 Å². The topological polar surface area (TPSA) is 23.5 Å². The van der Waals surface area contributed by atoms with E-state index in [4.69, 9.17) is 0 Å². The summed E-state index contributed by atoms with van der Waals surface area (Å²) in [5.41, 5.74) is 2.44. The summed E-state index contributed by atoms with van der Waals surface area (Å²) in [6.45, 7) is 2.94. The molecule has 0 aliphatic heterocycles. The van der Waals surface area contributed by atoms with Crippen molar-refractivity contribution in [2.24, 2.45) is 0 Å². The Kier molecular flexibility index (Phi) is 4.51. The van der Waals surface area contributed by atoms with Crippen molar-refractivity contribution in [3.05, 3.63) is 71.8 Å². The number of nitrogens with zero attached hydrogens (tertiary/aromatic N) is 1. The van der Waals surface area contributed by atoms with Crippen molar-refractivity contribution in [2.45, 2.75) is 19.5 Å². The van der Waals surface area contributed by atoms with E-state index in [1.54, 1.807) is 0 Å². The van der Waals surface area contributed by atoms with Crippen LogP contribution in [0.2, 0.25) is 0 Å². The van der Waals surface area contributed by atoms with Crippen LogP contribution in [0.1, 0.15) is 24.1 Å². The molecule has 0 unspecified atom stereocenters. The van der Waals surface area contributed by atoms with E-state index in [1.165, 1.54) is 11.1 Å². The van der Waals surface area contributed by atoms with Crippen LogP contribution in [0.5, 0.6) is 0 Å². The van der Waals surface area contributed by atoms with Gasteiger partial charge in [0.1, 0.15) is 0 Å². The maximum absolute atomic E-state index is 9.55. The second-order valence-corrected chi connectivity index (χ2v) is 4.46. The first-order valence-corrected chi connectivity index (χ1v) is 6.25. The second kappa shape index (κ2) is 6.34. The van der Waals surface area contributed by atoms with Crippen molar-refractivity contribution in [3.63, 3.8) is 0 Å². The molecule has 1 atom stereocenters. The highest BCUT2D eigenvalue weighted by Gasteiger charge is 2.14. The lowest BCUT2D eigenvalue weighted by Crippen LogP contribution is -2.27. The second-order valence-electron chi connectivity index (χ2n) is 4.46. The van der Waals surface area contributed by atoms with Crippen molar-refractivity contribution in [1.82, 2.24) is 4.90 Å². The van der Waals surface area contributed by atoms with Gasteiger partial charge in [-0.25, -0.2) is 0 Å². The molecular weight excluding hydrogens is 222 g/mol. The molecule has 1 N–H and O–H groups in total. The molecule has 0 spiro atoms. The van der Waals surface area contributed by atoms with Crippen LogP contribution < -0.4 is 0 Å². The largest absolute Gasteiger partial charge is 0.381 e. The molecule has 18 heavy (non-hydrogen) atoms. The zero-order valence-electron chi connectivity index (χ0n) is 10.7. The van der Waals surface area contributed by atoms with Crippen molar-refractivity contribution < 1.29 is 5.11 Å². The smallest absolute Gasteiger partial charge is 0.0964 e. The maximum atomic E-state index is 9.55. The van der Waals surface area contributed by atoms with Gasteiger partial charge in [-0.2, -0.15) is 0 Å². The Balaban J connectivity index is 2.09. The predicted molar refractivity (Wildman–Crippen MR) is 73.9 cm³/mol. The zero-order chi connectivity index (χ0) is 12.8. The van der Waals surface area contributed by atoms with Crippen LogP contribution in [-0.2, 0) is 6.54 Å². The van der Waals surface area contributed by atoms with Gasteiger partial charge < -0.3 is 5.11 Å². The molecule has 2 nitrogen and oxygen atoms in total. The standard InChI is InChI=1S/C16H19NO/c1-14(16-10-6-3-7-11-16)17(13-18)12-15-8-4-2-5-9-15/h2-11,14,18H,12-13H2,1H3/t14-/m0/s1. The average molecular weight is 241 g/mol. The molecule has 0 aliphatic rings. The molecule has 94 valence electrons. The number of benzene rings is 2. The van der Waals surface area contributed by atoms with Crippen LogP contribution in [0.25, 0.3) is 0 Å². The van der Waals surface area contributed by atoms with Gasteiger partial charge in [-0.3, -0.25) is 4.90 Å². The number of rotatable bonds is 5. The minimum Gasteiger partial charge on any atom is -0.381 e. The van der Waals surface area contributed by atoms with Crippen LogP contribution in [0, 0.1) is 0 Å². The summed E-state index contributed by atoms with van der Waals surface area (Å²) in [5, 5.41) is 9.55. The SMILES string of the molecule is C[C@@H](c1ccccc1)N(CO)Cc1ccccc1. The summed E-state index contributed by atoms with van der Waals surface area (Å²) in [4.78, 5) is 2.05. The first kappa shape index (κ1) is 12.8. The number of hydrogen-bond donors (Lipinski definition) is 1. The Morgan fingerprint density at radius 3 is 2.06 bits per heavy atom. The molecule has 0 saturated heterocycles. The van der Waals surface area contributed by atoms with E-state index < -0.39 is 0 Å². The Hall–Kier alpha value is -1.64. The average Bonchev–Trinajstić information content (AvgIpc) is 2.46. The first-order valence-electron chi connectivity index (χ1n) is 6.25. The molecule has 0 heterocycles.